The molecule has 0 aliphatic heterocycles. The molecular weight excluding hydrogens is 186 g/mol. The van der Waals surface area contributed by atoms with Crippen LogP contribution in [0.25, 0.3) is 0 Å². The van der Waals surface area contributed by atoms with Gasteiger partial charge in [0.15, 0.2) is 0 Å². The molecule has 3 atom stereocenters. The average Bonchev–Trinajstić information content (AvgIpc) is 2.29. The summed E-state index contributed by atoms with van der Waals surface area (Å²) in [6.45, 7) is 5.50. The molecule has 1 aliphatic carbocycles. The van der Waals surface area contributed by atoms with E-state index < -0.39 is 0 Å². The standard InChI is InChI=1S/C13H27NO/c1-4-11-7-6-8-13(9-11)15-12(5-2)10-14-3/h11-14H,4-10H2,1-3H3. The Bertz CT molecular complexity index is 161. The van der Waals surface area contributed by atoms with Crippen LogP contribution in [0.15, 0.2) is 0 Å². The number of hydrogen-bond acceptors (Lipinski definition) is 2. The Morgan fingerprint density at radius 2 is 2.13 bits per heavy atom. The summed E-state index contributed by atoms with van der Waals surface area (Å²) in [6.07, 6.45) is 8.72. The molecular formula is C13H27NO. The lowest BCUT2D eigenvalue weighted by molar-refractivity contribution is -0.0403. The Hall–Kier alpha value is -0.0800. The summed E-state index contributed by atoms with van der Waals surface area (Å²) >= 11 is 0. The number of ether oxygens (including phenoxy) is 1. The summed E-state index contributed by atoms with van der Waals surface area (Å²) in [5.74, 6) is 0.913. The van der Waals surface area contributed by atoms with Crippen molar-refractivity contribution in [1.29, 1.82) is 0 Å². The van der Waals surface area contributed by atoms with Crippen molar-refractivity contribution in [3.8, 4) is 0 Å². The van der Waals surface area contributed by atoms with Gasteiger partial charge in [-0.3, -0.25) is 0 Å². The van der Waals surface area contributed by atoms with Gasteiger partial charge < -0.3 is 10.1 Å². The molecule has 1 saturated carbocycles. The number of likely N-dealkylation sites (N-methyl/N-ethyl adjacent to an activating group) is 1. The molecule has 15 heavy (non-hydrogen) atoms. The maximum absolute atomic E-state index is 6.15. The van der Waals surface area contributed by atoms with Crippen LogP contribution in [0.5, 0.6) is 0 Å². The van der Waals surface area contributed by atoms with Gasteiger partial charge in [-0.05, 0) is 32.2 Å². The molecule has 0 spiro atoms. The summed E-state index contributed by atoms with van der Waals surface area (Å²) in [4.78, 5) is 0. The van der Waals surface area contributed by atoms with Crippen LogP contribution in [-0.2, 0) is 4.74 Å². The molecule has 1 rings (SSSR count). The fourth-order valence-corrected chi connectivity index (χ4v) is 2.52. The van der Waals surface area contributed by atoms with Gasteiger partial charge in [0.2, 0.25) is 0 Å². The van der Waals surface area contributed by atoms with E-state index in [0.717, 1.165) is 18.9 Å². The molecule has 0 bridgehead atoms. The van der Waals surface area contributed by atoms with Gasteiger partial charge in [-0.25, -0.2) is 0 Å². The van der Waals surface area contributed by atoms with Crippen LogP contribution in [0.4, 0.5) is 0 Å². The second kappa shape index (κ2) is 7.24. The predicted octanol–water partition coefficient (Wildman–Crippen LogP) is 2.97. The first-order valence-electron chi connectivity index (χ1n) is 6.60. The van der Waals surface area contributed by atoms with Gasteiger partial charge in [-0.2, -0.15) is 0 Å². The molecule has 1 N–H and O–H groups in total. The first-order valence-corrected chi connectivity index (χ1v) is 6.60. The molecule has 2 nitrogen and oxygen atoms in total. The molecule has 0 radical (unpaired) electrons. The zero-order valence-electron chi connectivity index (χ0n) is 10.6. The third-order valence-electron chi connectivity index (χ3n) is 3.58. The van der Waals surface area contributed by atoms with Crippen molar-refractivity contribution in [3.63, 3.8) is 0 Å². The molecule has 0 aromatic rings. The van der Waals surface area contributed by atoms with Gasteiger partial charge in [0.25, 0.3) is 0 Å². The number of hydrogen-bond donors (Lipinski definition) is 1. The van der Waals surface area contributed by atoms with Crippen LogP contribution in [0.1, 0.15) is 52.4 Å². The molecule has 1 aliphatic rings. The third kappa shape index (κ3) is 4.52. The lowest BCUT2D eigenvalue weighted by atomic mass is 9.85. The maximum atomic E-state index is 6.15. The Kier molecular flexibility index (Phi) is 6.26. The van der Waals surface area contributed by atoms with Crippen LogP contribution in [0.2, 0.25) is 0 Å². The summed E-state index contributed by atoms with van der Waals surface area (Å²) in [5.41, 5.74) is 0. The van der Waals surface area contributed by atoms with Crippen molar-refractivity contribution in [2.24, 2.45) is 5.92 Å². The molecule has 0 aromatic heterocycles. The average molecular weight is 213 g/mol. The topological polar surface area (TPSA) is 21.3 Å². The number of nitrogens with one attached hydrogen (secondary N) is 1. The van der Waals surface area contributed by atoms with E-state index in [-0.39, 0.29) is 0 Å². The van der Waals surface area contributed by atoms with Crippen molar-refractivity contribution in [1.82, 2.24) is 5.32 Å². The first-order chi connectivity index (χ1) is 7.30. The van der Waals surface area contributed by atoms with E-state index in [1.54, 1.807) is 0 Å². The Balaban J connectivity index is 2.29. The monoisotopic (exact) mass is 213 g/mol. The normalized spacial score (nSPS) is 29.0. The first kappa shape index (κ1) is 13.0. The van der Waals surface area contributed by atoms with E-state index in [1.165, 1.54) is 32.1 Å². The van der Waals surface area contributed by atoms with Crippen LogP contribution >= 0.6 is 0 Å². The highest BCUT2D eigenvalue weighted by molar-refractivity contribution is 4.74. The van der Waals surface area contributed by atoms with E-state index in [9.17, 15) is 0 Å². The fourth-order valence-electron chi connectivity index (χ4n) is 2.52. The summed E-state index contributed by atoms with van der Waals surface area (Å²) in [6, 6.07) is 0. The minimum atomic E-state index is 0.413. The smallest absolute Gasteiger partial charge is 0.0700 e. The molecule has 1 fully saturated rings. The maximum Gasteiger partial charge on any atom is 0.0700 e. The Morgan fingerprint density at radius 3 is 2.73 bits per heavy atom. The van der Waals surface area contributed by atoms with Gasteiger partial charge in [-0.15, -0.1) is 0 Å². The SMILES string of the molecule is CCC1CCCC(OC(CC)CNC)C1. The van der Waals surface area contributed by atoms with Crippen molar-refractivity contribution in [3.05, 3.63) is 0 Å². The molecule has 0 heterocycles. The Morgan fingerprint density at radius 1 is 1.33 bits per heavy atom. The van der Waals surface area contributed by atoms with Gasteiger partial charge >= 0.3 is 0 Å². The van der Waals surface area contributed by atoms with E-state index >= 15 is 0 Å². The highest BCUT2D eigenvalue weighted by Gasteiger charge is 2.23. The molecule has 2 heteroatoms. The second-order valence-corrected chi connectivity index (χ2v) is 4.79. The molecule has 90 valence electrons. The van der Waals surface area contributed by atoms with Crippen molar-refractivity contribution in [2.45, 2.75) is 64.6 Å². The largest absolute Gasteiger partial charge is 0.374 e. The van der Waals surface area contributed by atoms with E-state index in [1.807, 2.05) is 7.05 Å². The van der Waals surface area contributed by atoms with E-state index in [0.29, 0.717) is 12.2 Å². The zero-order chi connectivity index (χ0) is 11.1. The Labute approximate surface area is 94.8 Å². The molecule has 0 saturated heterocycles. The zero-order valence-corrected chi connectivity index (χ0v) is 10.6. The van der Waals surface area contributed by atoms with E-state index in [4.69, 9.17) is 4.74 Å². The minimum Gasteiger partial charge on any atom is -0.374 e. The van der Waals surface area contributed by atoms with Crippen molar-refractivity contribution in [2.75, 3.05) is 13.6 Å². The van der Waals surface area contributed by atoms with Gasteiger partial charge in [0, 0.05) is 6.54 Å². The lowest BCUT2D eigenvalue weighted by Gasteiger charge is -2.31. The fraction of sp³-hybridized carbons (Fsp3) is 1.00. The molecule has 3 unspecified atom stereocenters. The molecule has 0 aromatic carbocycles. The quantitative estimate of drug-likeness (QED) is 0.732. The predicted molar refractivity (Wildman–Crippen MR) is 65.1 cm³/mol. The third-order valence-corrected chi connectivity index (χ3v) is 3.58. The van der Waals surface area contributed by atoms with Gasteiger partial charge in [0.05, 0.1) is 12.2 Å². The summed E-state index contributed by atoms with van der Waals surface area (Å²) < 4.78 is 6.15. The van der Waals surface area contributed by atoms with Crippen LogP contribution in [0, 0.1) is 5.92 Å². The van der Waals surface area contributed by atoms with Gasteiger partial charge in [-0.1, -0.05) is 33.1 Å². The molecule has 0 amide bonds. The lowest BCUT2D eigenvalue weighted by Crippen LogP contribution is -2.32. The van der Waals surface area contributed by atoms with Crippen LogP contribution < -0.4 is 5.32 Å². The van der Waals surface area contributed by atoms with E-state index in [2.05, 4.69) is 19.2 Å². The summed E-state index contributed by atoms with van der Waals surface area (Å²) in [5, 5.41) is 3.21. The van der Waals surface area contributed by atoms with Crippen LogP contribution in [0.3, 0.4) is 0 Å². The summed E-state index contributed by atoms with van der Waals surface area (Å²) in [7, 11) is 2.00. The van der Waals surface area contributed by atoms with Crippen molar-refractivity contribution >= 4 is 0 Å². The second-order valence-electron chi connectivity index (χ2n) is 4.79. The highest BCUT2D eigenvalue weighted by atomic mass is 16.5. The van der Waals surface area contributed by atoms with Crippen LogP contribution in [-0.4, -0.2) is 25.8 Å². The minimum absolute atomic E-state index is 0.413. The van der Waals surface area contributed by atoms with Gasteiger partial charge in [0.1, 0.15) is 0 Å². The van der Waals surface area contributed by atoms with Crippen molar-refractivity contribution < 1.29 is 4.74 Å². The highest BCUT2D eigenvalue weighted by Crippen LogP contribution is 2.29. The number of rotatable bonds is 6.